The van der Waals surface area contributed by atoms with Crippen molar-refractivity contribution in [3.8, 4) is 5.69 Å². The number of nitrogens with zero attached hydrogens (tertiary/aromatic N) is 3. The van der Waals surface area contributed by atoms with E-state index in [1.54, 1.807) is 6.20 Å². The average molecular weight is 325 g/mol. The van der Waals surface area contributed by atoms with E-state index in [4.69, 9.17) is 4.74 Å². The second-order valence-electron chi connectivity index (χ2n) is 5.38. The lowest BCUT2D eigenvalue weighted by Gasteiger charge is -2.04. The van der Waals surface area contributed by atoms with E-state index in [1.807, 2.05) is 40.4 Å². The Hall–Kier alpha value is -2.47. The minimum atomic E-state index is -0.368. The molecule has 5 nitrogen and oxygen atoms in total. The van der Waals surface area contributed by atoms with Crippen LogP contribution in [-0.4, -0.2) is 20.7 Å². The Morgan fingerprint density at radius 3 is 2.91 bits per heavy atom. The number of hydrogen-bond acceptors (Lipinski definition) is 5. The molecule has 1 aliphatic rings. The van der Waals surface area contributed by atoms with Crippen molar-refractivity contribution in [1.29, 1.82) is 0 Å². The fourth-order valence-electron chi connectivity index (χ4n) is 2.90. The van der Waals surface area contributed by atoms with E-state index in [0.717, 1.165) is 41.2 Å². The van der Waals surface area contributed by atoms with Crippen molar-refractivity contribution in [2.24, 2.45) is 0 Å². The Kier molecular flexibility index (Phi) is 3.67. The minimum absolute atomic E-state index is 0.198. The van der Waals surface area contributed by atoms with E-state index in [-0.39, 0.29) is 12.6 Å². The van der Waals surface area contributed by atoms with Crippen molar-refractivity contribution in [3.05, 3.63) is 63.9 Å². The van der Waals surface area contributed by atoms with Crippen LogP contribution in [0.1, 0.15) is 33.2 Å². The summed E-state index contributed by atoms with van der Waals surface area (Å²) in [5.74, 6) is -0.368. The molecule has 0 unspecified atom stereocenters. The Bertz CT molecular complexity index is 825. The highest BCUT2D eigenvalue weighted by molar-refractivity contribution is 7.09. The van der Waals surface area contributed by atoms with Gasteiger partial charge in [-0.1, -0.05) is 18.2 Å². The summed E-state index contributed by atoms with van der Waals surface area (Å²) in [6.07, 6.45) is 4.57. The molecule has 1 aromatic carbocycles. The minimum Gasteiger partial charge on any atom is -0.454 e. The highest BCUT2D eigenvalue weighted by atomic mass is 32.1. The second kappa shape index (κ2) is 5.96. The average Bonchev–Trinajstić information content (AvgIpc) is 3.30. The van der Waals surface area contributed by atoms with Gasteiger partial charge in [0, 0.05) is 22.8 Å². The van der Waals surface area contributed by atoms with Gasteiger partial charge >= 0.3 is 5.97 Å². The Labute approximate surface area is 137 Å². The topological polar surface area (TPSA) is 57.0 Å². The third-order valence-corrected chi connectivity index (χ3v) is 4.69. The number of benzene rings is 1. The Balaban J connectivity index is 1.63. The van der Waals surface area contributed by atoms with Crippen LogP contribution in [0.25, 0.3) is 5.69 Å². The molecule has 0 amide bonds. The Morgan fingerprint density at radius 2 is 2.13 bits per heavy atom. The second-order valence-corrected chi connectivity index (χ2v) is 6.36. The van der Waals surface area contributed by atoms with E-state index in [0.29, 0.717) is 5.69 Å². The van der Waals surface area contributed by atoms with Crippen molar-refractivity contribution in [1.82, 2.24) is 14.8 Å². The van der Waals surface area contributed by atoms with Crippen molar-refractivity contribution in [3.63, 3.8) is 0 Å². The number of carbonyl (C=O) groups is 1. The summed E-state index contributed by atoms with van der Waals surface area (Å²) < 4.78 is 7.26. The molecule has 4 rings (SSSR count). The van der Waals surface area contributed by atoms with Crippen LogP contribution in [-0.2, 0) is 24.2 Å². The molecule has 0 radical (unpaired) electrons. The zero-order chi connectivity index (χ0) is 15.6. The van der Waals surface area contributed by atoms with Gasteiger partial charge < -0.3 is 4.74 Å². The molecule has 0 spiro atoms. The van der Waals surface area contributed by atoms with Crippen LogP contribution >= 0.6 is 11.3 Å². The maximum Gasteiger partial charge on any atom is 0.359 e. The molecule has 0 saturated heterocycles. The zero-order valence-corrected chi connectivity index (χ0v) is 13.3. The van der Waals surface area contributed by atoms with Crippen LogP contribution < -0.4 is 0 Å². The lowest BCUT2D eigenvalue weighted by atomic mass is 10.2. The SMILES string of the molecule is O=C(OCc1nccs1)c1nn(-c2ccccc2)c2c1CCC2. The van der Waals surface area contributed by atoms with Crippen molar-refractivity contribution in [2.75, 3.05) is 0 Å². The van der Waals surface area contributed by atoms with Crippen LogP contribution in [0, 0.1) is 0 Å². The summed E-state index contributed by atoms with van der Waals surface area (Å²) in [6, 6.07) is 9.90. The predicted octanol–water partition coefficient (Wildman–Crippen LogP) is 3.17. The Morgan fingerprint density at radius 1 is 1.26 bits per heavy atom. The lowest BCUT2D eigenvalue weighted by Crippen LogP contribution is -2.09. The molecule has 0 N–H and O–H groups in total. The third kappa shape index (κ3) is 2.66. The van der Waals surface area contributed by atoms with Crippen LogP contribution in [0.3, 0.4) is 0 Å². The molecule has 0 fully saturated rings. The molecule has 2 aromatic heterocycles. The quantitative estimate of drug-likeness (QED) is 0.691. The maximum atomic E-state index is 12.4. The first-order valence-electron chi connectivity index (χ1n) is 7.54. The van der Waals surface area contributed by atoms with Gasteiger partial charge in [-0.2, -0.15) is 5.10 Å². The first-order chi connectivity index (χ1) is 11.3. The molecule has 0 saturated carbocycles. The zero-order valence-electron chi connectivity index (χ0n) is 12.4. The van der Waals surface area contributed by atoms with Gasteiger partial charge in [-0.05, 0) is 31.4 Å². The van der Waals surface area contributed by atoms with Gasteiger partial charge in [0.15, 0.2) is 5.69 Å². The van der Waals surface area contributed by atoms with Crippen LogP contribution in [0.15, 0.2) is 41.9 Å². The van der Waals surface area contributed by atoms with Gasteiger partial charge in [0.05, 0.1) is 5.69 Å². The highest BCUT2D eigenvalue weighted by Crippen LogP contribution is 2.28. The normalized spacial score (nSPS) is 13.0. The molecule has 1 aliphatic carbocycles. The van der Waals surface area contributed by atoms with Gasteiger partial charge in [-0.15, -0.1) is 11.3 Å². The molecule has 2 heterocycles. The largest absolute Gasteiger partial charge is 0.454 e. The number of para-hydroxylation sites is 1. The standard InChI is InChI=1S/C17H15N3O2S/c21-17(22-11-15-18-9-10-23-15)16-13-7-4-8-14(13)20(19-16)12-5-2-1-3-6-12/h1-3,5-6,9-10H,4,7-8,11H2. The highest BCUT2D eigenvalue weighted by Gasteiger charge is 2.27. The first-order valence-corrected chi connectivity index (χ1v) is 8.42. The molecule has 0 aliphatic heterocycles. The third-order valence-electron chi connectivity index (χ3n) is 3.93. The lowest BCUT2D eigenvalue weighted by molar-refractivity contribution is 0.0463. The number of esters is 1. The number of fused-ring (bicyclic) bond motifs is 1. The van der Waals surface area contributed by atoms with E-state index >= 15 is 0 Å². The molecule has 23 heavy (non-hydrogen) atoms. The molecular formula is C17H15N3O2S. The number of thiazole rings is 1. The van der Waals surface area contributed by atoms with Gasteiger partial charge in [0.2, 0.25) is 0 Å². The smallest absolute Gasteiger partial charge is 0.359 e. The number of rotatable bonds is 4. The summed E-state index contributed by atoms with van der Waals surface area (Å²) in [5.41, 5.74) is 3.57. The summed E-state index contributed by atoms with van der Waals surface area (Å²) in [6.45, 7) is 0.198. The monoisotopic (exact) mass is 325 g/mol. The van der Waals surface area contributed by atoms with Crippen LogP contribution in [0.4, 0.5) is 0 Å². The summed E-state index contributed by atoms with van der Waals surface area (Å²) >= 11 is 1.47. The molecule has 0 atom stereocenters. The van der Waals surface area contributed by atoms with Gasteiger partial charge in [0.1, 0.15) is 11.6 Å². The van der Waals surface area contributed by atoms with E-state index in [9.17, 15) is 4.79 Å². The fourth-order valence-corrected chi connectivity index (χ4v) is 3.43. The van der Waals surface area contributed by atoms with E-state index in [2.05, 4.69) is 10.1 Å². The van der Waals surface area contributed by atoms with E-state index < -0.39 is 0 Å². The van der Waals surface area contributed by atoms with Crippen LogP contribution in [0.5, 0.6) is 0 Å². The van der Waals surface area contributed by atoms with Crippen LogP contribution in [0.2, 0.25) is 0 Å². The van der Waals surface area contributed by atoms with Crippen molar-refractivity contribution >= 4 is 17.3 Å². The van der Waals surface area contributed by atoms with Crippen molar-refractivity contribution < 1.29 is 9.53 Å². The van der Waals surface area contributed by atoms with Crippen molar-refractivity contribution in [2.45, 2.75) is 25.9 Å². The van der Waals surface area contributed by atoms with Gasteiger partial charge in [0.25, 0.3) is 0 Å². The molecule has 3 aromatic rings. The number of aromatic nitrogens is 3. The van der Waals surface area contributed by atoms with Gasteiger partial charge in [-0.3, -0.25) is 0 Å². The first kappa shape index (κ1) is 14.1. The fraction of sp³-hybridized carbons (Fsp3) is 0.235. The summed E-state index contributed by atoms with van der Waals surface area (Å²) in [5, 5.41) is 7.18. The number of hydrogen-bond donors (Lipinski definition) is 0. The van der Waals surface area contributed by atoms with E-state index in [1.165, 1.54) is 11.3 Å². The number of ether oxygens (including phenoxy) is 1. The van der Waals surface area contributed by atoms with Gasteiger partial charge in [-0.25, -0.2) is 14.5 Å². The molecule has 116 valence electrons. The number of carbonyl (C=O) groups excluding carboxylic acids is 1. The maximum absolute atomic E-state index is 12.4. The summed E-state index contributed by atoms with van der Waals surface area (Å²) in [4.78, 5) is 16.5. The molecule has 0 bridgehead atoms. The molecule has 6 heteroatoms. The summed E-state index contributed by atoms with van der Waals surface area (Å²) in [7, 11) is 0. The predicted molar refractivity (Wildman–Crippen MR) is 86.8 cm³/mol. The molecular weight excluding hydrogens is 310 g/mol.